The molecule has 0 saturated heterocycles. The molecule has 0 unspecified atom stereocenters. The van der Waals surface area contributed by atoms with E-state index in [9.17, 15) is 13.2 Å². The zero-order valence-electron chi connectivity index (χ0n) is 16.8. The molecule has 3 aromatic rings. The molecular formula is C23H23BrN2O3S. The van der Waals surface area contributed by atoms with E-state index in [4.69, 9.17) is 0 Å². The van der Waals surface area contributed by atoms with E-state index in [1.807, 2.05) is 61.5 Å². The highest BCUT2D eigenvalue weighted by molar-refractivity contribution is 9.10. The molecule has 0 spiro atoms. The Balaban J connectivity index is 1.91. The van der Waals surface area contributed by atoms with Gasteiger partial charge in [0.2, 0.25) is 15.9 Å². The van der Waals surface area contributed by atoms with E-state index >= 15 is 0 Å². The lowest BCUT2D eigenvalue weighted by atomic mass is 10.1. The highest BCUT2D eigenvalue weighted by Gasteiger charge is 2.28. The molecule has 0 aliphatic heterocycles. The maximum absolute atomic E-state index is 13.3. The standard InChI is InChI=1S/C23H23BrN2O3S/c1-18-8-10-19(11-9-18)16-26(30(28,29)22-14-12-20(24)13-15-22)17-23(27)25(2)21-6-4-3-5-7-21/h3-15H,16-17H2,1-2H3. The Kier molecular flexibility index (Phi) is 7.07. The van der Waals surface area contributed by atoms with Gasteiger partial charge in [0.25, 0.3) is 0 Å². The first-order valence-electron chi connectivity index (χ1n) is 9.40. The average Bonchev–Trinajstić information content (AvgIpc) is 2.75. The molecule has 0 saturated carbocycles. The molecule has 3 rings (SSSR count). The summed E-state index contributed by atoms with van der Waals surface area (Å²) < 4.78 is 28.7. The molecule has 5 nitrogen and oxygen atoms in total. The molecule has 0 N–H and O–H groups in total. The van der Waals surface area contributed by atoms with Crippen molar-refractivity contribution in [2.24, 2.45) is 0 Å². The van der Waals surface area contributed by atoms with Crippen LogP contribution in [0.3, 0.4) is 0 Å². The maximum Gasteiger partial charge on any atom is 0.243 e. The second-order valence-corrected chi connectivity index (χ2v) is 9.85. The van der Waals surface area contributed by atoms with Crippen molar-refractivity contribution in [3.63, 3.8) is 0 Å². The van der Waals surface area contributed by atoms with Crippen molar-refractivity contribution >= 4 is 37.5 Å². The van der Waals surface area contributed by atoms with Crippen molar-refractivity contribution < 1.29 is 13.2 Å². The molecule has 7 heteroatoms. The predicted molar refractivity (Wildman–Crippen MR) is 123 cm³/mol. The van der Waals surface area contributed by atoms with Crippen molar-refractivity contribution in [2.45, 2.75) is 18.4 Å². The van der Waals surface area contributed by atoms with Crippen molar-refractivity contribution in [3.8, 4) is 0 Å². The van der Waals surface area contributed by atoms with Gasteiger partial charge in [-0.2, -0.15) is 4.31 Å². The average molecular weight is 487 g/mol. The van der Waals surface area contributed by atoms with Crippen LogP contribution in [0.5, 0.6) is 0 Å². The SMILES string of the molecule is Cc1ccc(CN(CC(=O)N(C)c2ccccc2)S(=O)(=O)c2ccc(Br)cc2)cc1. The minimum atomic E-state index is -3.87. The zero-order chi connectivity index (χ0) is 21.7. The van der Waals surface area contributed by atoms with Gasteiger partial charge in [-0.15, -0.1) is 0 Å². The van der Waals surface area contributed by atoms with E-state index in [2.05, 4.69) is 15.9 Å². The summed E-state index contributed by atoms with van der Waals surface area (Å²) in [7, 11) is -2.23. The van der Waals surface area contributed by atoms with Crippen LogP contribution in [0, 0.1) is 6.92 Å². The minimum Gasteiger partial charge on any atom is -0.314 e. The molecule has 30 heavy (non-hydrogen) atoms. The normalized spacial score (nSPS) is 11.5. The van der Waals surface area contributed by atoms with Gasteiger partial charge >= 0.3 is 0 Å². The Bertz CT molecular complexity index is 1100. The Hall–Kier alpha value is -2.48. The highest BCUT2D eigenvalue weighted by atomic mass is 79.9. The number of para-hydroxylation sites is 1. The van der Waals surface area contributed by atoms with Crippen molar-refractivity contribution in [1.82, 2.24) is 4.31 Å². The number of anilines is 1. The first kappa shape index (κ1) is 22.2. The van der Waals surface area contributed by atoms with Crippen LogP contribution in [0.15, 0.2) is 88.2 Å². The van der Waals surface area contributed by atoms with Gasteiger partial charge in [0, 0.05) is 23.8 Å². The van der Waals surface area contributed by atoms with Gasteiger partial charge < -0.3 is 4.90 Å². The number of hydrogen-bond donors (Lipinski definition) is 0. The van der Waals surface area contributed by atoms with Crippen LogP contribution in [-0.2, 0) is 21.4 Å². The van der Waals surface area contributed by atoms with Crippen molar-refractivity contribution in [2.75, 3.05) is 18.5 Å². The first-order valence-corrected chi connectivity index (χ1v) is 11.6. The van der Waals surface area contributed by atoms with Gasteiger partial charge in [-0.3, -0.25) is 4.79 Å². The van der Waals surface area contributed by atoms with Crippen molar-refractivity contribution in [1.29, 1.82) is 0 Å². The third-order valence-corrected chi connectivity index (χ3v) is 7.09. The van der Waals surface area contributed by atoms with Gasteiger partial charge in [-0.05, 0) is 48.9 Å². The molecule has 0 atom stereocenters. The fourth-order valence-corrected chi connectivity index (χ4v) is 4.57. The second kappa shape index (κ2) is 9.55. The predicted octanol–water partition coefficient (Wildman–Crippen LogP) is 4.61. The van der Waals surface area contributed by atoms with Crippen LogP contribution >= 0.6 is 15.9 Å². The number of hydrogen-bond acceptors (Lipinski definition) is 3. The summed E-state index contributed by atoms with van der Waals surface area (Å²) >= 11 is 3.33. The molecule has 0 fully saturated rings. The summed E-state index contributed by atoms with van der Waals surface area (Å²) in [5, 5.41) is 0. The number of halogens is 1. The minimum absolute atomic E-state index is 0.104. The number of nitrogens with zero attached hydrogens (tertiary/aromatic N) is 2. The number of aryl methyl sites for hydroxylation is 1. The molecular weight excluding hydrogens is 464 g/mol. The van der Waals surface area contributed by atoms with Gasteiger partial charge in [-0.25, -0.2) is 8.42 Å². The van der Waals surface area contributed by atoms with Crippen LogP contribution in [0.4, 0.5) is 5.69 Å². The Labute approximate surface area is 186 Å². The molecule has 0 aliphatic carbocycles. The third-order valence-electron chi connectivity index (χ3n) is 4.76. The number of carbonyl (C=O) groups is 1. The monoisotopic (exact) mass is 486 g/mol. The van der Waals surface area contributed by atoms with E-state index in [1.165, 1.54) is 21.3 Å². The smallest absolute Gasteiger partial charge is 0.243 e. The molecule has 0 aromatic heterocycles. The number of rotatable bonds is 7. The van der Waals surface area contributed by atoms with E-state index < -0.39 is 10.0 Å². The lowest BCUT2D eigenvalue weighted by molar-refractivity contribution is -0.118. The van der Waals surface area contributed by atoms with E-state index in [-0.39, 0.29) is 23.9 Å². The molecule has 0 aliphatic rings. The number of benzene rings is 3. The molecule has 3 aromatic carbocycles. The van der Waals surface area contributed by atoms with Crippen LogP contribution in [-0.4, -0.2) is 32.2 Å². The Morgan fingerprint density at radius 3 is 2.10 bits per heavy atom. The topological polar surface area (TPSA) is 57.7 Å². The highest BCUT2D eigenvalue weighted by Crippen LogP contribution is 2.22. The largest absolute Gasteiger partial charge is 0.314 e. The summed E-state index contributed by atoms with van der Waals surface area (Å²) in [6.07, 6.45) is 0. The third kappa shape index (κ3) is 5.36. The van der Waals surface area contributed by atoms with E-state index in [1.54, 1.807) is 19.2 Å². The quantitative estimate of drug-likeness (QED) is 0.489. The van der Waals surface area contributed by atoms with Gasteiger partial charge in [-0.1, -0.05) is 64.0 Å². The Morgan fingerprint density at radius 1 is 0.900 bits per heavy atom. The van der Waals surface area contributed by atoms with E-state index in [0.717, 1.165) is 15.6 Å². The first-order chi connectivity index (χ1) is 14.3. The molecule has 0 heterocycles. The van der Waals surface area contributed by atoms with Crippen LogP contribution < -0.4 is 4.90 Å². The lowest BCUT2D eigenvalue weighted by Crippen LogP contribution is -2.41. The number of carbonyl (C=O) groups excluding carboxylic acids is 1. The summed E-state index contributed by atoms with van der Waals surface area (Å²) in [6.45, 7) is 1.81. The van der Waals surface area contributed by atoms with Gasteiger partial charge in [0.1, 0.15) is 0 Å². The molecule has 0 bridgehead atoms. The number of sulfonamides is 1. The fraction of sp³-hybridized carbons (Fsp3) is 0.174. The molecule has 1 amide bonds. The maximum atomic E-state index is 13.3. The molecule has 0 radical (unpaired) electrons. The summed E-state index contributed by atoms with van der Waals surface area (Å²) in [5.74, 6) is -0.311. The fourth-order valence-electron chi connectivity index (χ4n) is 2.93. The summed E-state index contributed by atoms with van der Waals surface area (Å²) in [6, 6.07) is 23.2. The summed E-state index contributed by atoms with van der Waals surface area (Å²) in [5.41, 5.74) is 2.61. The van der Waals surface area contributed by atoms with Crippen LogP contribution in [0.2, 0.25) is 0 Å². The van der Waals surface area contributed by atoms with Crippen LogP contribution in [0.1, 0.15) is 11.1 Å². The van der Waals surface area contributed by atoms with Crippen molar-refractivity contribution in [3.05, 3.63) is 94.5 Å². The number of amides is 1. The zero-order valence-corrected chi connectivity index (χ0v) is 19.2. The molecule has 156 valence electrons. The van der Waals surface area contributed by atoms with E-state index in [0.29, 0.717) is 5.69 Å². The van der Waals surface area contributed by atoms with Crippen LogP contribution in [0.25, 0.3) is 0 Å². The van der Waals surface area contributed by atoms with Gasteiger partial charge in [0.05, 0.1) is 11.4 Å². The number of likely N-dealkylation sites (N-methyl/N-ethyl adjacent to an activating group) is 1. The summed E-state index contributed by atoms with van der Waals surface area (Å²) in [4.78, 5) is 14.6. The van der Waals surface area contributed by atoms with Gasteiger partial charge in [0.15, 0.2) is 0 Å². The second-order valence-electron chi connectivity index (χ2n) is 7.00. The lowest BCUT2D eigenvalue weighted by Gasteiger charge is -2.25. The Morgan fingerprint density at radius 2 is 1.50 bits per heavy atom.